The molecule has 0 atom stereocenters. The lowest BCUT2D eigenvalue weighted by Crippen LogP contribution is -2.41. The van der Waals surface area contributed by atoms with Crippen LogP contribution in [0.5, 0.6) is 0 Å². The van der Waals surface area contributed by atoms with Gasteiger partial charge < -0.3 is 10.1 Å². The highest BCUT2D eigenvalue weighted by Crippen LogP contribution is 2.19. The Morgan fingerprint density at radius 2 is 2.04 bits per heavy atom. The predicted molar refractivity (Wildman–Crippen MR) is 89.8 cm³/mol. The van der Waals surface area contributed by atoms with Crippen molar-refractivity contribution < 1.29 is 19.1 Å². The zero-order valence-corrected chi connectivity index (χ0v) is 14.2. The Labute approximate surface area is 146 Å². The van der Waals surface area contributed by atoms with Crippen LogP contribution in [0.15, 0.2) is 24.0 Å². The van der Waals surface area contributed by atoms with Gasteiger partial charge in [-0.15, -0.1) is 0 Å². The van der Waals surface area contributed by atoms with E-state index in [1.54, 1.807) is 6.92 Å². The molecule has 0 aliphatic heterocycles. The zero-order valence-electron chi connectivity index (χ0n) is 14.2. The van der Waals surface area contributed by atoms with Crippen molar-refractivity contribution in [3.63, 3.8) is 0 Å². The summed E-state index contributed by atoms with van der Waals surface area (Å²) in [7, 11) is 0. The Morgan fingerprint density at radius 1 is 1.20 bits per heavy atom. The third-order valence-corrected chi connectivity index (χ3v) is 3.69. The standard InChI is InChI=1S/C17H22N4O4/c1-12-9-20-14(10-19-12)16(23)25-11-15(22)21-17(24)18-8-7-13-5-3-2-4-6-13/h5,9-10H,2-4,6-8,11H2,1H3,(H2,18,21,22,24). The number of nitrogens with one attached hydrogen (secondary N) is 2. The molecule has 0 fully saturated rings. The monoisotopic (exact) mass is 346 g/mol. The van der Waals surface area contributed by atoms with Gasteiger partial charge in [-0.3, -0.25) is 15.1 Å². The fourth-order valence-electron chi connectivity index (χ4n) is 2.38. The molecule has 134 valence electrons. The first-order valence-electron chi connectivity index (χ1n) is 8.26. The van der Waals surface area contributed by atoms with Gasteiger partial charge in [0.05, 0.1) is 11.9 Å². The van der Waals surface area contributed by atoms with Crippen LogP contribution in [0.4, 0.5) is 4.79 Å². The van der Waals surface area contributed by atoms with Crippen molar-refractivity contribution in [3.05, 3.63) is 35.4 Å². The quantitative estimate of drug-likeness (QED) is 0.599. The maximum Gasteiger partial charge on any atom is 0.359 e. The van der Waals surface area contributed by atoms with Gasteiger partial charge in [-0.2, -0.15) is 0 Å². The number of hydrogen-bond acceptors (Lipinski definition) is 6. The van der Waals surface area contributed by atoms with Crippen molar-refractivity contribution in [2.45, 2.75) is 39.0 Å². The van der Waals surface area contributed by atoms with Crippen molar-refractivity contribution in [1.29, 1.82) is 0 Å². The van der Waals surface area contributed by atoms with E-state index in [1.165, 1.54) is 30.8 Å². The van der Waals surface area contributed by atoms with Gasteiger partial charge in [-0.25, -0.2) is 14.6 Å². The van der Waals surface area contributed by atoms with E-state index in [2.05, 4.69) is 26.7 Å². The SMILES string of the molecule is Cc1cnc(C(=O)OCC(=O)NC(=O)NCCC2=CCCCC2)cn1. The van der Waals surface area contributed by atoms with Crippen molar-refractivity contribution in [2.24, 2.45) is 0 Å². The number of carbonyl (C=O) groups is 3. The molecule has 0 bridgehead atoms. The number of aryl methyl sites for hydroxylation is 1. The van der Waals surface area contributed by atoms with Gasteiger partial charge in [0.2, 0.25) is 0 Å². The molecule has 8 nitrogen and oxygen atoms in total. The van der Waals surface area contributed by atoms with Crippen molar-refractivity contribution in [2.75, 3.05) is 13.2 Å². The second-order valence-corrected chi connectivity index (χ2v) is 5.78. The molecular formula is C17H22N4O4. The Morgan fingerprint density at radius 3 is 2.72 bits per heavy atom. The fourth-order valence-corrected chi connectivity index (χ4v) is 2.38. The number of hydrogen-bond donors (Lipinski definition) is 2. The maximum atomic E-state index is 11.7. The molecule has 25 heavy (non-hydrogen) atoms. The molecule has 0 aromatic carbocycles. The Hall–Kier alpha value is -2.77. The van der Waals surface area contributed by atoms with Gasteiger partial charge in [0.25, 0.3) is 5.91 Å². The van der Waals surface area contributed by atoms with Crippen LogP contribution in [-0.4, -0.2) is 41.0 Å². The molecule has 1 aromatic heterocycles. The largest absolute Gasteiger partial charge is 0.451 e. The molecule has 2 rings (SSSR count). The van der Waals surface area contributed by atoms with Crippen LogP contribution in [0.1, 0.15) is 48.3 Å². The summed E-state index contributed by atoms with van der Waals surface area (Å²) in [5, 5.41) is 4.72. The number of ether oxygens (including phenoxy) is 1. The smallest absolute Gasteiger partial charge is 0.359 e. The minimum Gasteiger partial charge on any atom is -0.451 e. The van der Waals surface area contributed by atoms with E-state index in [4.69, 9.17) is 4.74 Å². The number of rotatable bonds is 6. The highest BCUT2D eigenvalue weighted by Gasteiger charge is 2.13. The van der Waals surface area contributed by atoms with Gasteiger partial charge in [-0.1, -0.05) is 11.6 Å². The van der Waals surface area contributed by atoms with Crippen molar-refractivity contribution >= 4 is 17.9 Å². The van der Waals surface area contributed by atoms with E-state index >= 15 is 0 Å². The zero-order chi connectivity index (χ0) is 18.1. The first-order chi connectivity index (χ1) is 12.0. The summed E-state index contributed by atoms with van der Waals surface area (Å²) in [4.78, 5) is 42.7. The number of carbonyl (C=O) groups excluding carboxylic acids is 3. The highest BCUT2D eigenvalue weighted by molar-refractivity contribution is 5.96. The van der Waals surface area contributed by atoms with Crippen LogP contribution >= 0.6 is 0 Å². The molecule has 1 heterocycles. The second-order valence-electron chi connectivity index (χ2n) is 5.78. The van der Waals surface area contributed by atoms with Gasteiger partial charge in [0.1, 0.15) is 0 Å². The molecule has 3 amide bonds. The lowest BCUT2D eigenvalue weighted by molar-refractivity contribution is -0.123. The Kier molecular flexibility index (Phi) is 7.06. The van der Waals surface area contributed by atoms with E-state index in [0.717, 1.165) is 19.3 Å². The molecule has 0 saturated carbocycles. The van der Waals surface area contributed by atoms with E-state index < -0.39 is 24.5 Å². The van der Waals surface area contributed by atoms with Crippen LogP contribution in [0.3, 0.4) is 0 Å². The van der Waals surface area contributed by atoms with Gasteiger partial charge >= 0.3 is 12.0 Å². The first-order valence-corrected chi connectivity index (χ1v) is 8.26. The normalized spacial score (nSPS) is 13.6. The molecule has 1 aliphatic rings. The third kappa shape index (κ3) is 6.70. The van der Waals surface area contributed by atoms with Gasteiger partial charge in [0.15, 0.2) is 12.3 Å². The summed E-state index contributed by atoms with van der Waals surface area (Å²) < 4.78 is 4.79. The number of esters is 1. The second kappa shape index (κ2) is 9.51. The number of imide groups is 1. The summed E-state index contributed by atoms with van der Waals surface area (Å²) in [5.74, 6) is -1.48. The first kappa shape index (κ1) is 18.6. The van der Waals surface area contributed by atoms with E-state index in [1.807, 2.05) is 0 Å². The van der Waals surface area contributed by atoms with E-state index in [-0.39, 0.29) is 5.69 Å². The average molecular weight is 346 g/mol. The van der Waals surface area contributed by atoms with E-state index in [9.17, 15) is 14.4 Å². The molecule has 8 heteroatoms. The number of urea groups is 1. The van der Waals surface area contributed by atoms with Crippen LogP contribution in [0.2, 0.25) is 0 Å². The minimum atomic E-state index is -0.771. The molecule has 1 aromatic rings. The van der Waals surface area contributed by atoms with Crippen LogP contribution in [0.25, 0.3) is 0 Å². The lowest BCUT2D eigenvalue weighted by atomic mass is 9.97. The molecule has 0 saturated heterocycles. The van der Waals surface area contributed by atoms with E-state index in [0.29, 0.717) is 12.2 Å². The van der Waals surface area contributed by atoms with Gasteiger partial charge in [0, 0.05) is 12.7 Å². The number of aromatic nitrogens is 2. The summed E-state index contributed by atoms with van der Waals surface area (Å²) in [6, 6.07) is -0.604. The molecule has 0 radical (unpaired) electrons. The molecule has 2 N–H and O–H groups in total. The molecule has 0 spiro atoms. The van der Waals surface area contributed by atoms with Crippen LogP contribution in [0, 0.1) is 6.92 Å². The highest BCUT2D eigenvalue weighted by atomic mass is 16.5. The van der Waals surface area contributed by atoms with Crippen LogP contribution in [-0.2, 0) is 9.53 Å². The topological polar surface area (TPSA) is 110 Å². The predicted octanol–water partition coefficient (Wildman–Crippen LogP) is 1.66. The van der Waals surface area contributed by atoms with Gasteiger partial charge in [-0.05, 0) is 39.0 Å². The summed E-state index contributed by atoms with van der Waals surface area (Å²) in [6.07, 6.45) is 10.3. The number of nitrogens with zero attached hydrogens (tertiary/aromatic N) is 2. The van der Waals surface area contributed by atoms with Crippen molar-refractivity contribution in [1.82, 2.24) is 20.6 Å². The summed E-state index contributed by atoms with van der Waals surface area (Å²) >= 11 is 0. The number of amides is 3. The fraction of sp³-hybridized carbons (Fsp3) is 0.471. The summed E-state index contributed by atoms with van der Waals surface area (Å²) in [6.45, 7) is 1.63. The molecule has 1 aliphatic carbocycles. The minimum absolute atomic E-state index is 0.00334. The third-order valence-electron chi connectivity index (χ3n) is 3.69. The van der Waals surface area contributed by atoms with Crippen LogP contribution < -0.4 is 10.6 Å². The van der Waals surface area contributed by atoms with Crippen molar-refractivity contribution in [3.8, 4) is 0 Å². The Bertz CT molecular complexity index is 655. The average Bonchev–Trinajstić information content (AvgIpc) is 2.61. The number of allylic oxidation sites excluding steroid dienone is 1. The maximum absolute atomic E-state index is 11.7. The molecular weight excluding hydrogens is 324 g/mol. The Balaban J connectivity index is 1.63. The lowest BCUT2D eigenvalue weighted by Gasteiger charge is -2.13. The summed E-state index contributed by atoms with van der Waals surface area (Å²) in [5.41, 5.74) is 2.00. The molecule has 0 unspecified atom stereocenters.